The molecule has 2 saturated carbocycles. The quantitative estimate of drug-likeness (QED) is 0.192. The lowest BCUT2D eigenvalue weighted by atomic mass is 9.91. The molecule has 2 unspecified atom stereocenters. The van der Waals surface area contributed by atoms with Crippen LogP contribution in [0.3, 0.4) is 0 Å². The number of Topliss-reactive ketones (excluding diaryl/α,β-unsaturated/α-hetero) is 1. The van der Waals surface area contributed by atoms with E-state index in [-0.39, 0.29) is 11.8 Å². The smallest absolute Gasteiger partial charge is 0.142 e. The Bertz CT molecular complexity index is 1520. The molecule has 1 aromatic carbocycles. The zero-order valence-electron chi connectivity index (χ0n) is 25.0. The number of aryl methyl sites for hydroxylation is 2. The number of hydrogen-bond acceptors (Lipinski definition) is 5. The number of rotatable bonds is 8. The van der Waals surface area contributed by atoms with Gasteiger partial charge in [-0.05, 0) is 79.5 Å². The molecule has 2 aliphatic carbocycles. The number of carbonyl (C=O) groups is 1. The van der Waals surface area contributed by atoms with Crippen molar-refractivity contribution in [3.05, 3.63) is 91.9 Å². The van der Waals surface area contributed by atoms with Crippen LogP contribution < -0.4 is 0 Å². The van der Waals surface area contributed by atoms with Crippen LogP contribution in [0.15, 0.2) is 75.9 Å². The van der Waals surface area contributed by atoms with Crippen molar-refractivity contribution >= 4 is 34.2 Å². The van der Waals surface area contributed by atoms with Gasteiger partial charge in [-0.1, -0.05) is 75.4 Å². The van der Waals surface area contributed by atoms with Crippen LogP contribution in [-0.2, 0) is 17.6 Å². The third kappa shape index (κ3) is 7.02. The van der Waals surface area contributed by atoms with Gasteiger partial charge in [0.15, 0.2) is 0 Å². The Morgan fingerprint density at radius 2 is 1.74 bits per heavy atom. The largest absolute Gasteiger partial charge is 0.299 e. The highest BCUT2D eigenvalue weighted by Crippen LogP contribution is 2.40. The zero-order chi connectivity index (χ0) is 28.9. The molecular weight excluding hydrogens is 553 g/mol. The lowest BCUT2D eigenvalue weighted by Gasteiger charge is -2.16. The summed E-state index contributed by atoms with van der Waals surface area (Å²) in [6.07, 6.45) is 17.8. The molecule has 0 spiro atoms. The van der Waals surface area contributed by atoms with Gasteiger partial charge >= 0.3 is 0 Å². The van der Waals surface area contributed by atoms with Crippen molar-refractivity contribution in [2.75, 3.05) is 0 Å². The number of aromatic nitrogens is 1. The van der Waals surface area contributed by atoms with Crippen molar-refractivity contribution in [3.63, 3.8) is 0 Å². The molecular formula is C37H42N2OS2. The van der Waals surface area contributed by atoms with Gasteiger partial charge in [0, 0.05) is 34.7 Å². The third-order valence-corrected chi connectivity index (χ3v) is 11.3. The summed E-state index contributed by atoms with van der Waals surface area (Å²) in [6, 6.07) is 13.6. The molecule has 0 radical (unpaired) electrons. The van der Waals surface area contributed by atoms with Gasteiger partial charge in [-0.3, -0.25) is 4.79 Å². The second kappa shape index (κ2) is 13.6. The molecule has 2 atom stereocenters. The summed E-state index contributed by atoms with van der Waals surface area (Å²) in [6.45, 7) is 4.22. The van der Waals surface area contributed by atoms with Crippen LogP contribution in [0.5, 0.6) is 0 Å². The van der Waals surface area contributed by atoms with Crippen LogP contribution in [0.2, 0.25) is 0 Å². The number of aliphatic imine (C=N–C) groups is 1. The van der Waals surface area contributed by atoms with Crippen molar-refractivity contribution in [3.8, 4) is 10.6 Å². The first kappa shape index (κ1) is 29.2. The molecule has 3 aliphatic rings. The average Bonchev–Trinajstić information content (AvgIpc) is 3.47. The van der Waals surface area contributed by atoms with Gasteiger partial charge in [0.25, 0.3) is 0 Å². The second-order valence-corrected chi connectivity index (χ2v) is 14.5. The fourth-order valence-electron chi connectivity index (χ4n) is 6.80. The number of nitrogens with zero attached hydrogens (tertiary/aromatic N) is 2. The normalized spacial score (nSPS) is 21.6. The predicted molar refractivity (Wildman–Crippen MR) is 178 cm³/mol. The number of thiazole rings is 1. The van der Waals surface area contributed by atoms with Gasteiger partial charge in [-0.15, -0.1) is 22.7 Å². The zero-order valence-corrected chi connectivity index (χ0v) is 26.7. The summed E-state index contributed by atoms with van der Waals surface area (Å²) in [5.74, 6) is 1.22. The highest BCUT2D eigenvalue weighted by molar-refractivity contribution is 7.16. The molecule has 3 nitrogen and oxygen atoms in total. The number of ketones is 1. The Hall–Kier alpha value is -2.85. The van der Waals surface area contributed by atoms with Crippen LogP contribution in [0.4, 0.5) is 0 Å². The number of hydrogen-bond donors (Lipinski definition) is 0. The van der Waals surface area contributed by atoms with E-state index in [4.69, 9.17) is 4.99 Å². The monoisotopic (exact) mass is 594 g/mol. The highest BCUT2D eigenvalue weighted by atomic mass is 32.1. The summed E-state index contributed by atoms with van der Waals surface area (Å²) in [4.78, 5) is 25.8. The lowest BCUT2D eigenvalue weighted by Crippen LogP contribution is -2.17. The van der Waals surface area contributed by atoms with Gasteiger partial charge in [-0.2, -0.15) is 0 Å². The molecule has 2 fully saturated rings. The van der Waals surface area contributed by atoms with Gasteiger partial charge in [0.2, 0.25) is 0 Å². The van der Waals surface area contributed by atoms with E-state index in [0.717, 1.165) is 57.0 Å². The molecule has 42 heavy (non-hydrogen) atoms. The van der Waals surface area contributed by atoms with Crippen LogP contribution in [0.1, 0.15) is 98.1 Å². The fourth-order valence-corrected chi connectivity index (χ4v) is 8.58. The summed E-state index contributed by atoms with van der Waals surface area (Å²) in [5, 5.41) is 3.18. The number of allylic oxidation sites excluding steroid dienone is 3. The topological polar surface area (TPSA) is 42.3 Å². The van der Waals surface area contributed by atoms with Crippen LogP contribution in [-0.4, -0.2) is 16.5 Å². The van der Waals surface area contributed by atoms with Crippen molar-refractivity contribution in [1.29, 1.82) is 0 Å². The van der Waals surface area contributed by atoms with Crippen molar-refractivity contribution in [2.45, 2.75) is 96.8 Å². The standard InChI is InChI=1S/C37H42N2OS2/c1-3-29-23-34(40)32(35-19-20-36(42-35)33-24-41-25(2)38-33)22-30-11-8-12-31(39-37(29)30)18-17-26-13-15-28(16-14-26)21-27-9-6-4-5-7-10-27/h8,11,13-16,19-20,24,27,29,32H,3-7,9-10,17-18,21-23H2,1-2H3. The molecule has 6 rings (SSSR count). The number of carbonyl (C=O) groups excluding carboxylic acids is 1. The van der Waals surface area contributed by atoms with E-state index >= 15 is 0 Å². The maximum absolute atomic E-state index is 13.6. The molecule has 2 aromatic heterocycles. The Morgan fingerprint density at radius 1 is 0.952 bits per heavy atom. The molecule has 218 valence electrons. The molecule has 1 aliphatic heterocycles. The number of thiophene rings is 1. The van der Waals surface area contributed by atoms with Gasteiger partial charge < -0.3 is 0 Å². The molecule has 3 aromatic rings. The Balaban J connectivity index is 1.13. The van der Waals surface area contributed by atoms with Crippen molar-refractivity contribution in [2.24, 2.45) is 16.8 Å². The van der Waals surface area contributed by atoms with Crippen LogP contribution in [0.25, 0.3) is 10.6 Å². The molecule has 0 saturated heterocycles. The summed E-state index contributed by atoms with van der Waals surface area (Å²) in [5.41, 5.74) is 10.6. The fraction of sp³-hybridized carbons (Fsp3) is 0.459. The van der Waals surface area contributed by atoms with E-state index in [1.807, 2.05) is 13.0 Å². The first-order chi connectivity index (χ1) is 20.6. The lowest BCUT2D eigenvalue weighted by molar-refractivity contribution is -0.120. The number of fused-ring (bicyclic) bond motifs is 1. The molecule has 5 heteroatoms. The van der Waals surface area contributed by atoms with E-state index < -0.39 is 0 Å². The first-order valence-corrected chi connectivity index (χ1v) is 17.6. The summed E-state index contributed by atoms with van der Waals surface area (Å²) >= 11 is 3.38. The molecule has 0 amide bonds. The Kier molecular flexibility index (Phi) is 9.49. The van der Waals surface area contributed by atoms with E-state index in [2.05, 4.69) is 65.5 Å². The SMILES string of the molecule is CCC1CC(=O)C(c2ccc(-c3csc(C)n3)s2)CC2=CC=C=C(CCc3ccc(CC4CCCCCC4)cc3)N=C21. The Morgan fingerprint density at radius 3 is 2.48 bits per heavy atom. The third-order valence-electron chi connectivity index (χ3n) is 9.27. The molecule has 0 bridgehead atoms. The minimum absolute atomic E-state index is 0.122. The van der Waals surface area contributed by atoms with Gasteiger partial charge in [-0.25, -0.2) is 9.98 Å². The van der Waals surface area contributed by atoms with Gasteiger partial charge in [0.1, 0.15) is 5.78 Å². The number of benzene rings is 1. The second-order valence-electron chi connectivity index (χ2n) is 12.3. The summed E-state index contributed by atoms with van der Waals surface area (Å²) in [7, 11) is 0. The van der Waals surface area contributed by atoms with E-state index in [1.54, 1.807) is 22.7 Å². The molecule has 3 heterocycles. The van der Waals surface area contributed by atoms with Gasteiger partial charge in [0.05, 0.1) is 27.2 Å². The first-order valence-electron chi connectivity index (χ1n) is 15.9. The maximum Gasteiger partial charge on any atom is 0.142 e. The Labute approximate surface area is 259 Å². The maximum atomic E-state index is 13.6. The minimum atomic E-state index is -0.122. The van der Waals surface area contributed by atoms with E-state index in [1.165, 1.54) is 61.6 Å². The van der Waals surface area contributed by atoms with Crippen molar-refractivity contribution < 1.29 is 4.79 Å². The van der Waals surface area contributed by atoms with Crippen molar-refractivity contribution in [1.82, 2.24) is 4.98 Å². The average molecular weight is 595 g/mol. The summed E-state index contributed by atoms with van der Waals surface area (Å²) < 4.78 is 0. The van der Waals surface area contributed by atoms with E-state index in [9.17, 15) is 4.79 Å². The van der Waals surface area contributed by atoms with E-state index in [0.29, 0.717) is 18.6 Å². The predicted octanol–water partition coefficient (Wildman–Crippen LogP) is 10.2. The van der Waals surface area contributed by atoms with Crippen LogP contribution >= 0.6 is 22.7 Å². The molecule has 0 N–H and O–H groups in total. The van der Waals surface area contributed by atoms with Crippen LogP contribution in [0, 0.1) is 18.8 Å². The minimum Gasteiger partial charge on any atom is -0.299 e. The highest BCUT2D eigenvalue weighted by Gasteiger charge is 2.34.